The van der Waals surface area contributed by atoms with E-state index < -0.39 is 0 Å². The van der Waals surface area contributed by atoms with E-state index in [0.717, 1.165) is 22.7 Å². The largest absolute Gasteiger partial charge is 0.275 e. The van der Waals surface area contributed by atoms with Gasteiger partial charge in [0.15, 0.2) is 0 Å². The second-order valence-corrected chi connectivity index (χ2v) is 5.44. The second-order valence-electron chi connectivity index (χ2n) is 3.62. The minimum atomic E-state index is -0.202. The molecule has 14 heavy (non-hydrogen) atoms. The number of imide groups is 1. The molecule has 1 atom stereocenters. The van der Waals surface area contributed by atoms with E-state index in [9.17, 15) is 9.59 Å². The van der Waals surface area contributed by atoms with Gasteiger partial charge in [-0.3, -0.25) is 14.5 Å². The number of carbonyl (C=O) groups is 2. The summed E-state index contributed by atoms with van der Waals surface area (Å²) in [5, 5.41) is 0. The first-order valence-corrected chi connectivity index (χ1v) is 5.97. The molecule has 0 saturated carbocycles. The van der Waals surface area contributed by atoms with Crippen molar-refractivity contribution in [2.75, 3.05) is 6.54 Å². The van der Waals surface area contributed by atoms with Crippen molar-refractivity contribution in [3.05, 3.63) is 24.3 Å². The van der Waals surface area contributed by atoms with Gasteiger partial charge < -0.3 is 0 Å². The highest BCUT2D eigenvalue weighted by molar-refractivity contribution is 6.13. The monoisotopic (exact) mass is 207 g/mol. The molecular weight excluding hydrogens is 193 g/mol. The predicted octanol–water partition coefficient (Wildman–Crippen LogP) is 0.299. The first-order chi connectivity index (χ1) is 6.61. The average Bonchev–Trinajstić information content (AvgIpc) is 2.15. The van der Waals surface area contributed by atoms with Gasteiger partial charge in [0.25, 0.3) is 11.8 Å². The van der Waals surface area contributed by atoms with Crippen molar-refractivity contribution in [3.8, 4) is 0 Å². The maximum absolute atomic E-state index is 11.5. The van der Waals surface area contributed by atoms with Crippen LogP contribution in [0.2, 0.25) is 4.78 Å². The molecule has 1 aliphatic rings. The smallest absolute Gasteiger partial charge is 0.253 e. The first-order valence-electron chi connectivity index (χ1n) is 4.81. The fraction of sp³-hybridized carbons (Fsp3) is 0.400. The Balaban J connectivity index is 2.61. The van der Waals surface area contributed by atoms with Crippen molar-refractivity contribution >= 4 is 28.1 Å². The third-order valence-electron chi connectivity index (χ3n) is 1.94. The Labute approximate surface area is 91.9 Å². The Morgan fingerprint density at radius 3 is 3.00 bits per heavy atom. The number of rotatable bonds is 2. The fourth-order valence-corrected chi connectivity index (χ4v) is 1.36. The van der Waals surface area contributed by atoms with Crippen molar-refractivity contribution in [2.45, 2.75) is 18.1 Å². The second kappa shape index (κ2) is 5.14. The van der Waals surface area contributed by atoms with Gasteiger partial charge in [0.1, 0.15) is 0 Å². The normalized spacial score (nSPS) is 18.9. The number of hydrogen-bond acceptors (Lipinski definition) is 2. The van der Waals surface area contributed by atoms with Gasteiger partial charge in [-0.15, -0.1) is 0 Å². The zero-order valence-electron chi connectivity index (χ0n) is 8.56. The lowest BCUT2D eigenvalue weighted by atomic mass is 10.2. The van der Waals surface area contributed by atoms with Crippen LogP contribution in [0, 0.1) is 0 Å². The van der Waals surface area contributed by atoms with Gasteiger partial charge in [-0.2, -0.15) is 0 Å². The predicted molar refractivity (Wildman–Crippen MR) is 57.6 cm³/mol. The van der Waals surface area contributed by atoms with Crippen LogP contribution in [-0.4, -0.2) is 39.5 Å². The van der Waals surface area contributed by atoms with E-state index in [0.29, 0.717) is 11.3 Å². The zero-order chi connectivity index (χ0) is 10.6. The molecular formula is C10H14AlNO2. The summed E-state index contributed by atoms with van der Waals surface area (Å²) < 4.78 is 0.467. The Bertz CT molecular complexity index is 294. The standard InChI is InChI=1S/C10H12NO2.Al.2H/c1-2-3-6-9(12)11-8-5-4-7-10(11)13;;;/h2-4,6-7H,5,8H2,1H3;;;/b6-3+;;;. The van der Waals surface area contributed by atoms with Crippen molar-refractivity contribution < 1.29 is 9.59 Å². The summed E-state index contributed by atoms with van der Waals surface area (Å²) in [5.74, 6) is -0.394. The molecule has 0 aromatic rings. The molecule has 1 rings (SSSR count). The zero-order valence-corrected chi connectivity index (χ0v) is 10.6. The van der Waals surface area contributed by atoms with Gasteiger partial charge in [0.2, 0.25) is 16.3 Å². The Kier molecular flexibility index (Phi) is 4.12. The van der Waals surface area contributed by atoms with E-state index >= 15 is 0 Å². The highest BCUT2D eigenvalue weighted by atomic mass is 27.0. The summed E-state index contributed by atoms with van der Waals surface area (Å²) in [5.41, 5.74) is 0. The van der Waals surface area contributed by atoms with Crippen LogP contribution in [0.5, 0.6) is 0 Å². The van der Waals surface area contributed by atoms with Crippen molar-refractivity contribution in [1.82, 2.24) is 4.90 Å². The van der Waals surface area contributed by atoms with Crippen molar-refractivity contribution in [1.29, 1.82) is 0 Å². The lowest BCUT2D eigenvalue weighted by Gasteiger charge is -2.19. The van der Waals surface area contributed by atoms with E-state index in [1.54, 1.807) is 6.08 Å². The third-order valence-corrected chi connectivity index (χ3v) is 2.32. The molecule has 4 heteroatoms. The van der Waals surface area contributed by atoms with E-state index in [-0.39, 0.29) is 11.8 Å². The number of amides is 2. The van der Waals surface area contributed by atoms with Gasteiger partial charge in [-0.05, 0) is 18.6 Å². The molecule has 0 aromatic heterocycles. The molecule has 0 spiro atoms. The van der Waals surface area contributed by atoms with Crippen molar-refractivity contribution in [3.63, 3.8) is 0 Å². The van der Waals surface area contributed by atoms with E-state index in [1.165, 1.54) is 17.1 Å². The van der Waals surface area contributed by atoms with Gasteiger partial charge in [0.05, 0.1) is 0 Å². The molecule has 0 bridgehead atoms. The Morgan fingerprint density at radius 2 is 2.43 bits per heavy atom. The van der Waals surface area contributed by atoms with Gasteiger partial charge in [0, 0.05) is 6.54 Å². The summed E-state index contributed by atoms with van der Waals surface area (Å²) in [6.07, 6.45) is 7.39. The molecule has 0 aromatic carbocycles. The molecule has 0 fully saturated rings. The van der Waals surface area contributed by atoms with Crippen LogP contribution in [0.3, 0.4) is 0 Å². The Morgan fingerprint density at radius 1 is 1.71 bits per heavy atom. The van der Waals surface area contributed by atoms with Crippen LogP contribution in [0.15, 0.2) is 24.3 Å². The van der Waals surface area contributed by atoms with Gasteiger partial charge in [-0.25, -0.2) is 0 Å². The summed E-state index contributed by atoms with van der Waals surface area (Å²) in [6, 6.07) is 0. The topological polar surface area (TPSA) is 37.4 Å². The first kappa shape index (κ1) is 11.2. The number of carbonyl (C=O) groups excluding carboxylic acids is 2. The fourth-order valence-electron chi connectivity index (χ4n) is 1.17. The molecule has 0 unspecified atom stereocenters. The Hall–Kier alpha value is -0.848. The molecule has 0 aliphatic carbocycles. The van der Waals surface area contributed by atoms with Crippen molar-refractivity contribution in [2.24, 2.45) is 0 Å². The lowest BCUT2D eigenvalue weighted by Crippen LogP contribution is -2.37. The van der Waals surface area contributed by atoms with Crippen LogP contribution in [0.4, 0.5) is 0 Å². The van der Waals surface area contributed by atoms with Crippen LogP contribution in [0.25, 0.3) is 0 Å². The minimum Gasteiger partial charge on any atom is -0.275 e. The molecule has 74 valence electrons. The van der Waals surface area contributed by atoms with Crippen LogP contribution < -0.4 is 0 Å². The highest BCUT2D eigenvalue weighted by Gasteiger charge is 2.18. The number of nitrogens with zero attached hydrogens (tertiary/aromatic N) is 1. The van der Waals surface area contributed by atoms with E-state index in [1.807, 2.05) is 13.0 Å². The maximum Gasteiger partial charge on any atom is 0.253 e. The molecule has 1 aliphatic heterocycles. The molecule has 0 radical (unpaired) electrons. The van der Waals surface area contributed by atoms with Gasteiger partial charge >= 0.3 is 0 Å². The van der Waals surface area contributed by atoms with E-state index in [4.69, 9.17) is 0 Å². The third kappa shape index (κ3) is 3.13. The molecule has 3 nitrogen and oxygen atoms in total. The molecule has 0 N–H and O–H groups in total. The van der Waals surface area contributed by atoms with Crippen LogP contribution in [0.1, 0.15) is 13.3 Å². The average molecular weight is 207 g/mol. The SMILES string of the molecule is C[C@@H]([AlH2])/C=C/C(=O)N1CCC=CC1=O. The molecule has 0 saturated heterocycles. The van der Waals surface area contributed by atoms with Gasteiger partial charge in [-0.1, -0.05) is 23.9 Å². The van der Waals surface area contributed by atoms with Crippen LogP contribution in [-0.2, 0) is 9.59 Å². The highest BCUT2D eigenvalue weighted by Crippen LogP contribution is 2.05. The summed E-state index contributed by atoms with van der Waals surface area (Å²) >= 11 is 1.03. The molecule has 2 amide bonds. The molecule has 1 heterocycles. The quantitative estimate of drug-likeness (QED) is 0.482. The number of hydrogen-bond donors (Lipinski definition) is 0. The summed E-state index contributed by atoms with van der Waals surface area (Å²) in [4.78, 5) is 24.1. The summed E-state index contributed by atoms with van der Waals surface area (Å²) in [6.45, 7) is 2.56. The summed E-state index contributed by atoms with van der Waals surface area (Å²) in [7, 11) is 0. The maximum atomic E-state index is 11.5. The number of allylic oxidation sites excluding steroid dienone is 1. The van der Waals surface area contributed by atoms with E-state index in [2.05, 4.69) is 0 Å². The van der Waals surface area contributed by atoms with Crippen LogP contribution >= 0.6 is 0 Å². The minimum absolute atomic E-state index is 0.193. The lowest BCUT2D eigenvalue weighted by molar-refractivity contribution is -0.139.